The fourth-order valence-electron chi connectivity index (χ4n) is 9.34. The summed E-state index contributed by atoms with van der Waals surface area (Å²) in [6, 6.07) is 0. The van der Waals surface area contributed by atoms with Crippen molar-refractivity contribution in [3.8, 4) is 0 Å². The molecule has 4 saturated carbocycles. The van der Waals surface area contributed by atoms with Crippen LogP contribution in [0.15, 0.2) is 0 Å². The Morgan fingerprint density at radius 2 is 1.59 bits per heavy atom. The number of Topliss-reactive ketones (excluding diaryl/α,β-unsaturated/α-hetero) is 1. The molecule has 14 atom stereocenters. The predicted octanol–water partition coefficient (Wildman–Crippen LogP) is 2.78. The molecule has 0 bridgehead atoms. The van der Waals surface area contributed by atoms with Gasteiger partial charge in [0.2, 0.25) is 0 Å². The molecular weight excluding hydrogens is 432 g/mol. The van der Waals surface area contributed by atoms with E-state index in [1.165, 1.54) is 0 Å². The highest BCUT2D eigenvalue weighted by atomic mass is 16.3. The van der Waals surface area contributed by atoms with E-state index >= 15 is 0 Å². The number of ketones is 1. The van der Waals surface area contributed by atoms with E-state index in [1.807, 2.05) is 13.8 Å². The smallest absolute Gasteiger partial charge is 0.136 e. The van der Waals surface area contributed by atoms with Crippen molar-refractivity contribution < 1.29 is 30.3 Å². The Hall–Kier alpha value is -0.530. The van der Waals surface area contributed by atoms with Crippen LogP contribution >= 0.6 is 0 Å². The maximum atomic E-state index is 13.3. The molecule has 196 valence electrons. The molecule has 2 unspecified atom stereocenters. The molecule has 0 aliphatic heterocycles. The molecule has 4 rings (SSSR count). The molecule has 0 aromatic carbocycles. The molecule has 6 heteroatoms. The number of carbonyl (C=O) groups excluding carboxylic acids is 1. The van der Waals surface area contributed by atoms with Gasteiger partial charge in [0.05, 0.1) is 24.4 Å². The molecule has 5 N–H and O–H groups in total. The number of carbonyl (C=O) groups is 1. The summed E-state index contributed by atoms with van der Waals surface area (Å²) >= 11 is 0. The maximum absolute atomic E-state index is 13.3. The molecule has 4 aliphatic carbocycles. The normalized spacial score (nSPS) is 48.8. The predicted molar refractivity (Wildman–Crippen MR) is 130 cm³/mol. The summed E-state index contributed by atoms with van der Waals surface area (Å²) in [5.41, 5.74) is -0.237. The van der Waals surface area contributed by atoms with Crippen molar-refractivity contribution in [2.75, 3.05) is 6.61 Å². The summed E-state index contributed by atoms with van der Waals surface area (Å²) in [6.07, 6.45) is 2.28. The third-order valence-corrected chi connectivity index (χ3v) is 11.8. The van der Waals surface area contributed by atoms with Crippen LogP contribution in [0.1, 0.15) is 79.6 Å². The van der Waals surface area contributed by atoms with E-state index in [-0.39, 0.29) is 52.8 Å². The average Bonchev–Trinajstić information content (AvgIpc) is 3.15. The zero-order valence-corrected chi connectivity index (χ0v) is 21.7. The Bertz CT molecular complexity index is 757. The summed E-state index contributed by atoms with van der Waals surface area (Å²) in [6.45, 7) is 10.4. The van der Waals surface area contributed by atoms with Gasteiger partial charge in [-0.25, -0.2) is 0 Å². The topological polar surface area (TPSA) is 118 Å². The van der Waals surface area contributed by atoms with E-state index in [0.717, 1.165) is 25.7 Å². The molecule has 0 heterocycles. The van der Waals surface area contributed by atoms with Crippen molar-refractivity contribution in [1.82, 2.24) is 0 Å². The minimum Gasteiger partial charge on any atom is -0.396 e. The van der Waals surface area contributed by atoms with Crippen molar-refractivity contribution in [1.29, 1.82) is 0 Å². The van der Waals surface area contributed by atoms with Crippen molar-refractivity contribution in [3.63, 3.8) is 0 Å². The number of aliphatic hydroxyl groups excluding tert-OH is 5. The largest absolute Gasteiger partial charge is 0.396 e. The second-order valence-electron chi connectivity index (χ2n) is 13.3. The monoisotopic (exact) mass is 480 g/mol. The first-order chi connectivity index (χ1) is 15.9. The SMILES string of the molecule is CC(CO)[C@H](C)[C@@H](O)[C@H](O)[C@@H](C)[C@H]1CCC2[C@@H]3CC(=O)[C@H]4C[C@H](O)[C@H](O)C[C@]4(C)[C@H]3CC[C@@]21C. The molecule has 0 aromatic rings. The highest BCUT2D eigenvalue weighted by Gasteiger charge is 2.63. The van der Waals surface area contributed by atoms with Crippen LogP contribution in [-0.4, -0.2) is 62.3 Å². The minimum atomic E-state index is -0.873. The molecule has 0 saturated heterocycles. The molecule has 4 fully saturated rings. The maximum Gasteiger partial charge on any atom is 0.136 e. The Balaban J connectivity index is 1.54. The van der Waals surface area contributed by atoms with Gasteiger partial charge in [-0.05, 0) is 90.8 Å². The Kier molecular flexibility index (Phi) is 7.34. The molecule has 0 radical (unpaired) electrons. The van der Waals surface area contributed by atoms with Gasteiger partial charge < -0.3 is 25.5 Å². The second-order valence-corrected chi connectivity index (χ2v) is 13.3. The van der Waals surface area contributed by atoms with Crippen LogP contribution in [0.2, 0.25) is 0 Å². The fourth-order valence-corrected chi connectivity index (χ4v) is 9.34. The van der Waals surface area contributed by atoms with Crippen molar-refractivity contribution in [3.05, 3.63) is 0 Å². The van der Waals surface area contributed by atoms with Gasteiger partial charge in [0.15, 0.2) is 0 Å². The minimum absolute atomic E-state index is 0.00880. The molecule has 4 aliphatic rings. The lowest BCUT2D eigenvalue weighted by molar-refractivity contribution is -0.175. The van der Waals surface area contributed by atoms with E-state index in [2.05, 4.69) is 20.8 Å². The number of fused-ring (bicyclic) bond motifs is 5. The van der Waals surface area contributed by atoms with Crippen LogP contribution in [0, 0.1) is 58.2 Å². The van der Waals surface area contributed by atoms with Gasteiger partial charge in [-0.3, -0.25) is 4.79 Å². The van der Waals surface area contributed by atoms with Crippen LogP contribution in [0.25, 0.3) is 0 Å². The number of hydrogen-bond acceptors (Lipinski definition) is 6. The van der Waals surface area contributed by atoms with Gasteiger partial charge in [-0.15, -0.1) is 0 Å². The van der Waals surface area contributed by atoms with Crippen LogP contribution in [0.4, 0.5) is 0 Å². The van der Waals surface area contributed by atoms with Gasteiger partial charge in [0, 0.05) is 18.9 Å². The second kappa shape index (κ2) is 9.41. The van der Waals surface area contributed by atoms with Crippen LogP contribution in [0.5, 0.6) is 0 Å². The summed E-state index contributed by atoms with van der Waals surface area (Å²) in [5.74, 6) is 1.13. The summed E-state index contributed by atoms with van der Waals surface area (Å²) < 4.78 is 0. The van der Waals surface area contributed by atoms with Gasteiger partial charge in [-0.1, -0.05) is 34.6 Å². The van der Waals surface area contributed by atoms with Crippen molar-refractivity contribution >= 4 is 5.78 Å². The van der Waals surface area contributed by atoms with E-state index in [1.54, 1.807) is 0 Å². The first kappa shape index (κ1) is 26.5. The van der Waals surface area contributed by atoms with Crippen LogP contribution in [0.3, 0.4) is 0 Å². The third-order valence-electron chi connectivity index (χ3n) is 11.8. The molecule has 34 heavy (non-hydrogen) atoms. The Morgan fingerprint density at radius 1 is 0.941 bits per heavy atom. The van der Waals surface area contributed by atoms with E-state index < -0.39 is 24.4 Å². The fraction of sp³-hybridized carbons (Fsp3) is 0.964. The van der Waals surface area contributed by atoms with Gasteiger partial charge in [0.1, 0.15) is 5.78 Å². The lowest BCUT2D eigenvalue weighted by Gasteiger charge is -2.61. The van der Waals surface area contributed by atoms with Gasteiger partial charge in [-0.2, -0.15) is 0 Å². The molecule has 0 aromatic heterocycles. The average molecular weight is 481 g/mol. The third kappa shape index (κ3) is 4.00. The quantitative estimate of drug-likeness (QED) is 0.399. The van der Waals surface area contributed by atoms with Gasteiger partial charge >= 0.3 is 0 Å². The van der Waals surface area contributed by atoms with Crippen LogP contribution in [-0.2, 0) is 4.79 Å². The first-order valence-electron chi connectivity index (χ1n) is 13.7. The Morgan fingerprint density at radius 3 is 2.24 bits per heavy atom. The standard InChI is InChI=1S/C28H48O6/c1-14(13-29)15(2)25(33)26(34)16(3)18-6-7-19-17-10-22(30)21-11-23(31)24(32)12-28(21,5)20(17)8-9-27(18,19)4/h14-21,23-26,29,31-34H,6-13H2,1-5H3/t14?,15-,16-,17-,18+,19?,20-,21+,23-,24+,25+,26+,27+,28+/m0/s1. The summed E-state index contributed by atoms with van der Waals surface area (Å²) in [7, 11) is 0. The van der Waals surface area contributed by atoms with Crippen LogP contribution < -0.4 is 0 Å². The van der Waals surface area contributed by atoms with Crippen molar-refractivity contribution in [2.24, 2.45) is 58.2 Å². The first-order valence-corrected chi connectivity index (χ1v) is 13.7. The molecule has 0 spiro atoms. The molecule has 6 nitrogen and oxygen atoms in total. The summed E-state index contributed by atoms with van der Waals surface area (Å²) in [5, 5.41) is 52.3. The Labute approximate surface area is 205 Å². The zero-order chi connectivity index (χ0) is 25.2. The van der Waals surface area contributed by atoms with E-state index in [9.17, 15) is 30.3 Å². The van der Waals surface area contributed by atoms with Crippen molar-refractivity contribution in [2.45, 2.75) is 104 Å². The van der Waals surface area contributed by atoms with E-state index in [0.29, 0.717) is 37.0 Å². The highest BCUT2D eigenvalue weighted by Crippen LogP contribution is 2.67. The van der Waals surface area contributed by atoms with Gasteiger partial charge in [0.25, 0.3) is 0 Å². The molecular formula is C28H48O6. The lowest BCUT2D eigenvalue weighted by Crippen LogP contribution is -2.59. The lowest BCUT2D eigenvalue weighted by atomic mass is 9.44. The number of rotatable bonds is 6. The zero-order valence-electron chi connectivity index (χ0n) is 21.7. The highest BCUT2D eigenvalue weighted by molar-refractivity contribution is 5.83. The summed E-state index contributed by atoms with van der Waals surface area (Å²) in [4.78, 5) is 13.3. The number of aliphatic hydroxyl groups is 5. The molecule has 0 amide bonds. The number of hydrogen-bond donors (Lipinski definition) is 5. The van der Waals surface area contributed by atoms with E-state index in [4.69, 9.17) is 0 Å².